The summed E-state index contributed by atoms with van der Waals surface area (Å²) in [4.78, 5) is 28.1. The number of fused-ring (bicyclic) bond motifs is 1. The molecule has 1 aliphatic heterocycles. The highest BCUT2D eigenvalue weighted by Crippen LogP contribution is 2.53. The number of amidine groups is 1. The molecule has 0 spiro atoms. The molecular weight excluding hydrogens is 549 g/mol. The Bertz CT molecular complexity index is 1240. The average Bonchev–Trinajstić information content (AvgIpc) is 3.38. The molecule has 2 aromatic rings. The van der Waals surface area contributed by atoms with E-state index in [1.165, 1.54) is 17.3 Å². The zero-order chi connectivity index (χ0) is 27.7. The van der Waals surface area contributed by atoms with Gasteiger partial charge in [-0.25, -0.2) is 10.2 Å². The van der Waals surface area contributed by atoms with Gasteiger partial charge in [0.25, 0.3) is 0 Å². The number of halogens is 1. The van der Waals surface area contributed by atoms with Gasteiger partial charge >= 0.3 is 7.60 Å². The van der Waals surface area contributed by atoms with E-state index in [4.69, 9.17) is 32.4 Å². The lowest BCUT2D eigenvalue weighted by Gasteiger charge is -2.33. The Balaban J connectivity index is 1.54. The summed E-state index contributed by atoms with van der Waals surface area (Å²) in [6.07, 6.45) is -1.63. The van der Waals surface area contributed by atoms with Crippen molar-refractivity contribution in [3.63, 3.8) is 0 Å². The highest BCUT2D eigenvalue weighted by atomic mass is 35.5. The summed E-state index contributed by atoms with van der Waals surface area (Å²) in [6.45, 7) is -1.18. The lowest BCUT2D eigenvalue weighted by molar-refractivity contribution is -0.107. The number of hydrogen-bond donors (Lipinski definition) is 8. The summed E-state index contributed by atoms with van der Waals surface area (Å²) in [5.74, 6) is 5.57. The maximum absolute atomic E-state index is 12.2. The Hall–Kier alpha value is -2.34. The fourth-order valence-electron chi connectivity index (χ4n) is 4.26. The Morgan fingerprint density at radius 2 is 2.11 bits per heavy atom. The maximum Gasteiger partial charge on any atom is 0.359 e. The largest absolute Gasteiger partial charge is 0.393 e. The van der Waals surface area contributed by atoms with Crippen LogP contribution in [0, 0.1) is 11.4 Å². The predicted molar refractivity (Wildman–Crippen MR) is 131 cm³/mol. The quantitative estimate of drug-likeness (QED) is 0.0329. The smallest absolute Gasteiger partial charge is 0.359 e. The summed E-state index contributed by atoms with van der Waals surface area (Å²) < 4.78 is 24.5. The van der Waals surface area contributed by atoms with Crippen LogP contribution >= 0.6 is 19.2 Å². The number of nitrogens with one attached hydrogen (secondary N) is 2. The van der Waals surface area contributed by atoms with Gasteiger partial charge < -0.3 is 45.7 Å². The molecule has 1 aliphatic carbocycles. The molecule has 38 heavy (non-hydrogen) atoms. The molecule has 1 unspecified atom stereocenters. The van der Waals surface area contributed by atoms with Gasteiger partial charge in [0.2, 0.25) is 5.28 Å². The SMILES string of the molecule is N=NC(CC(CO)(OC[C@H]1O[C@@H](n2ncc3c(NCC4CCC4)nc(Cl)nc32)[C@H](O)[C@@H]1O)P(=O)(O)O)=NN. The van der Waals surface area contributed by atoms with Gasteiger partial charge in [-0.15, -0.1) is 5.11 Å². The number of ether oxygens (including phenoxy) is 2. The summed E-state index contributed by atoms with van der Waals surface area (Å²) in [7, 11) is -5.21. The van der Waals surface area contributed by atoms with Gasteiger partial charge in [0, 0.05) is 6.54 Å². The molecule has 2 aromatic heterocycles. The van der Waals surface area contributed by atoms with Crippen molar-refractivity contribution in [2.24, 2.45) is 22.0 Å². The van der Waals surface area contributed by atoms with E-state index < -0.39 is 62.9 Å². The molecule has 0 radical (unpaired) electrons. The van der Waals surface area contributed by atoms with E-state index in [2.05, 4.69) is 30.6 Å². The minimum Gasteiger partial charge on any atom is -0.393 e. The van der Waals surface area contributed by atoms with Gasteiger partial charge in [0.15, 0.2) is 23.1 Å². The van der Waals surface area contributed by atoms with Crippen molar-refractivity contribution in [3.05, 3.63) is 11.5 Å². The lowest BCUT2D eigenvalue weighted by atomic mass is 9.85. The molecule has 19 heteroatoms. The van der Waals surface area contributed by atoms with Gasteiger partial charge in [-0.2, -0.15) is 20.2 Å². The number of hydrogen-bond acceptors (Lipinski definition) is 13. The number of anilines is 1. The van der Waals surface area contributed by atoms with Crippen molar-refractivity contribution in [1.82, 2.24) is 19.7 Å². The molecular formula is C19H29ClN9O8P. The van der Waals surface area contributed by atoms with Crippen LogP contribution in [-0.4, -0.2) is 94.1 Å². The van der Waals surface area contributed by atoms with Gasteiger partial charge in [0.1, 0.15) is 24.1 Å². The number of rotatable bonds is 11. The van der Waals surface area contributed by atoms with Crippen LogP contribution in [-0.2, 0) is 14.0 Å². The van der Waals surface area contributed by atoms with E-state index in [-0.39, 0.29) is 10.9 Å². The van der Waals surface area contributed by atoms with Gasteiger partial charge in [-0.05, 0) is 30.4 Å². The molecule has 4 rings (SSSR count). The van der Waals surface area contributed by atoms with Gasteiger partial charge in [-0.1, -0.05) is 6.42 Å². The number of aliphatic hydroxyl groups excluding tert-OH is 3. The molecule has 17 nitrogen and oxygen atoms in total. The molecule has 210 valence electrons. The second kappa shape index (κ2) is 11.4. The summed E-state index contributed by atoms with van der Waals surface area (Å²) in [5, 5.41) is 42.6. The molecule has 3 heterocycles. The normalized spacial score (nSPS) is 26.3. The highest BCUT2D eigenvalue weighted by Gasteiger charge is 2.52. The number of nitrogens with zero attached hydrogens (tertiary/aromatic N) is 6. The molecule has 0 amide bonds. The molecule has 9 N–H and O–H groups in total. The fraction of sp³-hybridized carbons (Fsp3) is 0.684. The first kappa shape index (κ1) is 28.7. The van der Waals surface area contributed by atoms with Crippen molar-refractivity contribution in [2.45, 2.75) is 55.6 Å². The first-order valence-corrected chi connectivity index (χ1v) is 13.6. The van der Waals surface area contributed by atoms with Gasteiger partial charge in [0.05, 0.1) is 31.2 Å². The van der Waals surface area contributed by atoms with Crippen molar-refractivity contribution in [1.29, 1.82) is 5.53 Å². The molecule has 2 aliphatic rings. The number of nitrogens with two attached hydrogens (primary N) is 1. The van der Waals surface area contributed by atoms with Crippen LogP contribution in [0.2, 0.25) is 5.28 Å². The second-order valence-electron chi connectivity index (χ2n) is 9.19. The van der Waals surface area contributed by atoms with Crippen molar-refractivity contribution in [2.75, 3.05) is 25.1 Å². The first-order valence-electron chi connectivity index (χ1n) is 11.6. The minimum atomic E-state index is -5.21. The Labute approximate surface area is 220 Å². The van der Waals surface area contributed by atoms with Crippen LogP contribution in [0.1, 0.15) is 31.9 Å². The summed E-state index contributed by atoms with van der Waals surface area (Å²) >= 11 is 6.13. The molecule has 5 atom stereocenters. The topological polar surface area (TPSA) is 267 Å². The minimum absolute atomic E-state index is 0.0742. The third kappa shape index (κ3) is 5.52. The second-order valence-corrected chi connectivity index (χ2v) is 11.4. The van der Waals surface area contributed by atoms with Crippen molar-refractivity contribution in [3.8, 4) is 0 Å². The summed E-state index contributed by atoms with van der Waals surface area (Å²) in [6, 6.07) is 0. The zero-order valence-electron chi connectivity index (χ0n) is 20.0. The van der Waals surface area contributed by atoms with E-state index >= 15 is 0 Å². The molecule has 1 saturated heterocycles. The average molecular weight is 578 g/mol. The monoisotopic (exact) mass is 577 g/mol. The van der Waals surface area contributed by atoms with E-state index in [0.29, 0.717) is 23.7 Å². The highest BCUT2D eigenvalue weighted by molar-refractivity contribution is 7.53. The Morgan fingerprint density at radius 3 is 2.68 bits per heavy atom. The predicted octanol–water partition coefficient (Wildman–Crippen LogP) is -0.113. The van der Waals surface area contributed by atoms with Crippen LogP contribution < -0.4 is 11.2 Å². The van der Waals surface area contributed by atoms with Crippen molar-refractivity contribution >= 4 is 41.9 Å². The molecule has 1 saturated carbocycles. The third-order valence-corrected chi connectivity index (χ3v) is 8.45. The Morgan fingerprint density at radius 1 is 1.37 bits per heavy atom. The number of aromatic nitrogens is 4. The zero-order valence-corrected chi connectivity index (χ0v) is 21.6. The Kier molecular flexibility index (Phi) is 8.61. The van der Waals surface area contributed by atoms with Crippen molar-refractivity contribution < 1.29 is 39.1 Å². The van der Waals surface area contributed by atoms with E-state index in [9.17, 15) is 29.7 Å². The van der Waals surface area contributed by atoms with E-state index in [1.807, 2.05) is 0 Å². The first-order chi connectivity index (χ1) is 18.0. The van der Waals surface area contributed by atoms with Crippen LogP contribution in [0.15, 0.2) is 16.4 Å². The lowest BCUT2D eigenvalue weighted by Crippen LogP contribution is -2.43. The maximum atomic E-state index is 12.2. The van der Waals surface area contributed by atoms with Crippen LogP contribution in [0.25, 0.3) is 11.0 Å². The van der Waals surface area contributed by atoms with E-state index in [0.717, 1.165) is 12.8 Å². The molecule has 2 fully saturated rings. The van der Waals surface area contributed by atoms with Gasteiger partial charge in [-0.3, -0.25) is 4.57 Å². The number of aliphatic hydroxyl groups is 3. The summed E-state index contributed by atoms with van der Waals surface area (Å²) in [5.41, 5.74) is 7.25. The third-order valence-electron chi connectivity index (χ3n) is 6.79. The van der Waals surface area contributed by atoms with Crippen LogP contribution in [0.5, 0.6) is 0 Å². The fourth-order valence-corrected chi connectivity index (χ4v) is 5.20. The molecule has 0 aromatic carbocycles. The van der Waals surface area contributed by atoms with E-state index in [1.54, 1.807) is 0 Å². The molecule has 0 bridgehead atoms. The van der Waals surface area contributed by atoms with Crippen LogP contribution in [0.4, 0.5) is 5.82 Å². The number of hydrazone groups is 1. The van der Waals surface area contributed by atoms with Crippen LogP contribution in [0.3, 0.4) is 0 Å². The standard InChI is InChI=1S/C19H29ClN9O8P/c20-18-25-15(23-5-9-2-1-3-9)10-6-24-29(16(10)26-18)17-14(32)13(31)11(37-17)7-36-19(8-30,38(33,34)35)4-12(27-21)28-22/h6,9,11,13-14,17,21,30-32H,1-5,7-8,22H2,(H,23,25,26)(H2,33,34,35)/t11-,13-,14-,17-,19?/m1/s1.